The second-order valence-electron chi connectivity index (χ2n) is 6.71. The quantitative estimate of drug-likeness (QED) is 0.868. The smallest absolute Gasteiger partial charge is 0.251 e. The highest BCUT2D eigenvalue weighted by molar-refractivity contribution is 5.96. The van der Waals surface area contributed by atoms with Crippen LogP contribution in [-0.2, 0) is 6.42 Å². The summed E-state index contributed by atoms with van der Waals surface area (Å²) in [6.07, 6.45) is 5.58. The molecule has 1 amide bonds. The number of benzene rings is 1. The van der Waals surface area contributed by atoms with Gasteiger partial charge in [0.2, 0.25) is 0 Å². The molecule has 2 fully saturated rings. The Balaban J connectivity index is 1.62. The number of aliphatic hydroxyl groups is 1. The van der Waals surface area contributed by atoms with Crippen LogP contribution in [0.15, 0.2) is 18.2 Å². The number of carbonyl (C=O) groups excluding carboxylic acids is 1. The van der Waals surface area contributed by atoms with E-state index in [2.05, 4.69) is 5.32 Å². The molecule has 4 atom stereocenters. The van der Waals surface area contributed by atoms with Crippen LogP contribution in [0.3, 0.4) is 0 Å². The summed E-state index contributed by atoms with van der Waals surface area (Å²) >= 11 is 0. The van der Waals surface area contributed by atoms with Crippen molar-refractivity contribution in [3.8, 4) is 0 Å². The van der Waals surface area contributed by atoms with Crippen molar-refractivity contribution in [2.45, 2.75) is 38.2 Å². The maximum Gasteiger partial charge on any atom is 0.251 e. The molecule has 1 aromatic carbocycles. The predicted octanol–water partition coefficient (Wildman–Crippen LogP) is 2.44. The molecule has 106 valence electrons. The largest absolute Gasteiger partial charge is 0.388 e. The van der Waals surface area contributed by atoms with E-state index in [1.807, 2.05) is 18.2 Å². The highest BCUT2D eigenvalue weighted by Crippen LogP contribution is 2.52. The van der Waals surface area contributed by atoms with E-state index < -0.39 is 6.10 Å². The Labute approximate surface area is 119 Å². The van der Waals surface area contributed by atoms with E-state index in [0.29, 0.717) is 11.8 Å². The summed E-state index contributed by atoms with van der Waals surface area (Å²) in [5.41, 5.74) is 2.80. The minimum Gasteiger partial charge on any atom is -0.388 e. The van der Waals surface area contributed by atoms with Gasteiger partial charge in [-0.1, -0.05) is 18.6 Å². The molecule has 0 spiro atoms. The highest BCUT2D eigenvalue weighted by Gasteiger charge is 2.43. The van der Waals surface area contributed by atoms with Gasteiger partial charge in [0.1, 0.15) is 0 Å². The molecule has 1 aromatic rings. The lowest BCUT2D eigenvalue weighted by molar-refractivity contribution is 0.0743. The lowest BCUT2D eigenvalue weighted by atomic mass is 9.81. The average molecular weight is 271 g/mol. The van der Waals surface area contributed by atoms with Gasteiger partial charge in [-0.25, -0.2) is 0 Å². The van der Waals surface area contributed by atoms with Gasteiger partial charge in [-0.3, -0.25) is 4.79 Å². The molecule has 2 saturated carbocycles. The molecule has 1 heterocycles. The van der Waals surface area contributed by atoms with Gasteiger partial charge in [-0.2, -0.15) is 0 Å². The van der Waals surface area contributed by atoms with Crippen LogP contribution in [0.25, 0.3) is 0 Å². The molecule has 0 saturated heterocycles. The molecule has 2 aliphatic carbocycles. The lowest BCUT2D eigenvalue weighted by Gasteiger charge is -2.28. The fraction of sp³-hybridized carbons (Fsp3) is 0.588. The number of fused-ring (bicyclic) bond motifs is 3. The van der Waals surface area contributed by atoms with Crippen molar-refractivity contribution >= 4 is 5.91 Å². The van der Waals surface area contributed by atoms with Crippen LogP contribution in [0.1, 0.15) is 53.3 Å². The normalized spacial score (nSPS) is 32.9. The highest BCUT2D eigenvalue weighted by atomic mass is 16.3. The van der Waals surface area contributed by atoms with Crippen LogP contribution in [-0.4, -0.2) is 17.6 Å². The Hall–Kier alpha value is -1.35. The van der Waals surface area contributed by atoms with Gasteiger partial charge in [-0.15, -0.1) is 0 Å². The van der Waals surface area contributed by atoms with E-state index in [9.17, 15) is 9.90 Å². The number of carbonyl (C=O) groups is 1. The molecule has 0 aromatic heterocycles. The molecule has 2 bridgehead atoms. The molecule has 0 radical (unpaired) electrons. The van der Waals surface area contributed by atoms with Crippen molar-refractivity contribution in [1.29, 1.82) is 0 Å². The minimum atomic E-state index is -0.398. The lowest BCUT2D eigenvalue weighted by Crippen LogP contribution is -2.32. The third-order valence-corrected chi connectivity index (χ3v) is 5.60. The Morgan fingerprint density at radius 3 is 2.90 bits per heavy atom. The molecule has 3 nitrogen and oxygen atoms in total. The fourth-order valence-corrected chi connectivity index (χ4v) is 4.54. The standard InChI is InChI=1S/C17H21NO2/c19-16(14-8-10-1-2-12(14)7-10)13-4-3-11-5-6-18-17(20)15(11)9-13/h3-4,9-10,12,14,16,19H,1-2,5-8H2,(H,18,20). The maximum absolute atomic E-state index is 11.9. The minimum absolute atomic E-state index is 0.00763. The predicted molar refractivity (Wildman–Crippen MR) is 76.4 cm³/mol. The molecule has 2 N–H and O–H groups in total. The van der Waals surface area contributed by atoms with Crippen LogP contribution >= 0.6 is 0 Å². The van der Waals surface area contributed by atoms with Crippen molar-refractivity contribution in [2.24, 2.45) is 17.8 Å². The van der Waals surface area contributed by atoms with Crippen molar-refractivity contribution < 1.29 is 9.90 Å². The number of nitrogens with one attached hydrogen (secondary N) is 1. The first kappa shape index (κ1) is 12.4. The van der Waals surface area contributed by atoms with Crippen LogP contribution < -0.4 is 5.32 Å². The molecule has 4 rings (SSSR count). The summed E-state index contributed by atoms with van der Waals surface area (Å²) in [5.74, 6) is 1.94. The van der Waals surface area contributed by atoms with E-state index in [0.717, 1.165) is 42.0 Å². The fourth-order valence-electron chi connectivity index (χ4n) is 4.54. The molecular formula is C17H21NO2. The molecule has 3 heteroatoms. The van der Waals surface area contributed by atoms with E-state index in [1.165, 1.54) is 19.3 Å². The first-order chi connectivity index (χ1) is 9.72. The molecule has 3 aliphatic rings. The third-order valence-electron chi connectivity index (χ3n) is 5.60. The monoisotopic (exact) mass is 271 g/mol. The zero-order valence-corrected chi connectivity index (χ0v) is 11.6. The molecular weight excluding hydrogens is 250 g/mol. The first-order valence-electron chi connectivity index (χ1n) is 7.81. The van der Waals surface area contributed by atoms with Gasteiger partial charge in [0.15, 0.2) is 0 Å². The first-order valence-corrected chi connectivity index (χ1v) is 7.81. The van der Waals surface area contributed by atoms with Gasteiger partial charge in [0.25, 0.3) is 5.91 Å². The molecule has 4 unspecified atom stereocenters. The van der Waals surface area contributed by atoms with Gasteiger partial charge in [0, 0.05) is 12.1 Å². The van der Waals surface area contributed by atoms with Crippen molar-refractivity contribution in [2.75, 3.05) is 6.54 Å². The number of amides is 1. The third kappa shape index (κ3) is 1.87. The van der Waals surface area contributed by atoms with Gasteiger partial charge < -0.3 is 10.4 Å². The Morgan fingerprint density at radius 1 is 1.25 bits per heavy atom. The van der Waals surface area contributed by atoms with Crippen molar-refractivity contribution in [3.05, 3.63) is 34.9 Å². The van der Waals surface area contributed by atoms with E-state index >= 15 is 0 Å². The van der Waals surface area contributed by atoms with E-state index in [4.69, 9.17) is 0 Å². The van der Waals surface area contributed by atoms with Gasteiger partial charge in [0.05, 0.1) is 6.10 Å². The molecule has 20 heavy (non-hydrogen) atoms. The number of rotatable bonds is 2. The summed E-state index contributed by atoms with van der Waals surface area (Å²) in [5, 5.41) is 13.6. The average Bonchev–Trinajstić information content (AvgIpc) is 3.09. The van der Waals surface area contributed by atoms with E-state index in [-0.39, 0.29) is 5.91 Å². The Kier molecular flexibility index (Phi) is 2.84. The van der Waals surface area contributed by atoms with Crippen LogP contribution in [0.2, 0.25) is 0 Å². The SMILES string of the molecule is O=C1NCCc2ccc(C(O)C3CC4CCC3C4)cc21. The van der Waals surface area contributed by atoms with Crippen LogP contribution in [0.4, 0.5) is 0 Å². The van der Waals surface area contributed by atoms with Crippen LogP contribution in [0.5, 0.6) is 0 Å². The van der Waals surface area contributed by atoms with Crippen LogP contribution in [0, 0.1) is 17.8 Å². The zero-order chi connectivity index (χ0) is 13.7. The molecule has 1 aliphatic heterocycles. The summed E-state index contributed by atoms with van der Waals surface area (Å²) in [7, 11) is 0. The zero-order valence-electron chi connectivity index (χ0n) is 11.6. The summed E-state index contributed by atoms with van der Waals surface area (Å²) in [4.78, 5) is 11.9. The second-order valence-corrected chi connectivity index (χ2v) is 6.71. The topological polar surface area (TPSA) is 49.3 Å². The Morgan fingerprint density at radius 2 is 2.15 bits per heavy atom. The van der Waals surface area contributed by atoms with E-state index in [1.54, 1.807) is 0 Å². The number of hydrogen-bond donors (Lipinski definition) is 2. The number of aliphatic hydroxyl groups excluding tert-OH is 1. The van der Waals surface area contributed by atoms with Gasteiger partial charge >= 0.3 is 0 Å². The maximum atomic E-state index is 11.9. The van der Waals surface area contributed by atoms with Crippen molar-refractivity contribution in [1.82, 2.24) is 5.32 Å². The summed E-state index contributed by atoms with van der Waals surface area (Å²) < 4.78 is 0. The summed E-state index contributed by atoms with van der Waals surface area (Å²) in [6.45, 7) is 0.722. The number of hydrogen-bond acceptors (Lipinski definition) is 2. The second kappa shape index (κ2) is 4.59. The summed E-state index contributed by atoms with van der Waals surface area (Å²) in [6, 6.07) is 5.97. The Bertz CT molecular complexity index is 554. The van der Waals surface area contributed by atoms with Gasteiger partial charge in [-0.05, 0) is 60.6 Å². The van der Waals surface area contributed by atoms with Crippen molar-refractivity contribution in [3.63, 3.8) is 0 Å².